The van der Waals surface area contributed by atoms with Crippen molar-refractivity contribution in [2.45, 2.75) is 193 Å². The third kappa shape index (κ3) is 12.8. The molecule has 6 saturated carbocycles. The molecule has 6 fully saturated rings. The van der Waals surface area contributed by atoms with Gasteiger partial charge in [0, 0.05) is 0 Å². The standard InChI is InChI=1S/C12H22.2C11H20.5CH4/c1-9-3-5-11-6-4-10(2)8-12(11)7-9;2*1-9-6-7-10-4-2-3-5-11(10)8-9;;;;;/h9-12H,3-8H2,1-2H3;2*9-11H,2-8H2,1H3;5*1H4. The van der Waals surface area contributed by atoms with Gasteiger partial charge in [0.1, 0.15) is 0 Å². The Morgan fingerprint density at radius 1 is 0.256 bits per heavy atom. The third-order valence-electron chi connectivity index (χ3n) is 11.7. The second-order valence-electron chi connectivity index (χ2n) is 14.8. The summed E-state index contributed by atoms with van der Waals surface area (Å²) in [6, 6.07) is 0. The highest BCUT2D eigenvalue weighted by molar-refractivity contribution is 4.84. The number of hydrogen-bond donors (Lipinski definition) is 0. The summed E-state index contributed by atoms with van der Waals surface area (Å²) >= 11 is 0. The van der Waals surface area contributed by atoms with Crippen molar-refractivity contribution in [2.75, 3.05) is 0 Å². The van der Waals surface area contributed by atoms with Crippen molar-refractivity contribution in [1.29, 1.82) is 0 Å². The average molecular weight is 551 g/mol. The van der Waals surface area contributed by atoms with E-state index in [1.54, 1.807) is 64.2 Å². The highest BCUT2D eigenvalue weighted by atomic mass is 14.4. The molecule has 0 aromatic heterocycles. The second kappa shape index (κ2) is 20.8. The highest BCUT2D eigenvalue weighted by Gasteiger charge is 2.33. The van der Waals surface area contributed by atoms with Crippen molar-refractivity contribution in [3.63, 3.8) is 0 Å². The SMILES string of the molecule is C.C.C.C.C.CC1CCC2CCC(C)CC2C1.CC1CCC2CCCCC2C1.CC1CCC2CCCCC2C1. The fourth-order valence-electron chi connectivity index (χ4n) is 9.58. The molecule has 0 N–H and O–H groups in total. The maximum Gasteiger partial charge on any atom is -0.0381 e. The topological polar surface area (TPSA) is 0 Å². The Hall–Kier alpha value is 0. The molecule has 6 aliphatic carbocycles. The third-order valence-corrected chi connectivity index (χ3v) is 11.7. The first kappa shape index (κ1) is 41.1. The van der Waals surface area contributed by atoms with Crippen LogP contribution < -0.4 is 0 Å². The Kier molecular flexibility index (Phi) is 21.9. The predicted molar refractivity (Wildman–Crippen MR) is 184 cm³/mol. The molecule has 0 aromatic carbocycles. The molecule has 0 heteroatoms. The summed E-state index contributed by atoms with van der Waals surface area (Å²) < 4.78 is 0. The van der Waals surface area contributed by atoms with Crippen molar-refractivity contribution in [2.24, 2.45) is 59.2 Å². The largest absolute Gasteiger partial charge is 0.0776 e. The Morgan fingerprint density at radius 3 is 0.795 bits per heavy atom. The maximum atomic E-state index is 2.44. The van der Waals surface area contributed by atoms with E-state index in [4.69, 9.17) is 0 Å². The van der Waals surface area contributed by atoms with Crippen LogP contribution >= 0.6 is 0 Å². The lowest BCUT2D eigenvalue weighted by molar-refractivity contribution is 0.109. The van der Waals surface area contributed by atoms with Crippen molar-refractivity contribution in [1.82, 2.24) is 0 Å². The summed E-state index contributed by atoms with van der Waals surface area (Å²) in [5.74, 6) is 10.9. The molecule has 39 heavy (non-hydrogen) atoms. The van der Waals surface area contributed by atoms with Crippen LogP contribution in [0, 0.1) is 59.2 Å². The molecule has 0 aromatic rings. The van der Waals surface area contributed by atoms with Crippen LogP contribution in [-0.4, -0.2) is 0 Å². The van der Waals surface area contributed by atoms with Crippen molar-refractivity contribution in [3.05, 3.63) is 0 Å². The van der Waals surface area contributed by atoms with E-state index >= 15 is 0 Å². The fourth-order valence-corrected chi connectivity index (χ4v) is 9.58. The lowest BCUT2D eigenvalue weighted by atomic mass is 9.65. The monoisotopic (exact) mass is 551 g/mol. The number of fused-ring (bicyclic) bond motifs is 3. The summed E-state index contributed by atoms with van der Waals surface area (Å²) in [5.41, 5.74) is 0. The summed E-state index contributed by atoms with van der Waals surface area (Å²) in [4.78, 5) is 0. The molecule has 0 spiro atoms. The van der Waals surface area contributed by atoms with Crippen molar-refractivity contribution < 1.29 is 0 Å². The van der Waals surface area contributed by atoms with Crippen molar-refractivity contribution in [3.8, 4) is 0 Å². The molecular weight excluding hydrogens is 468 g/mol. The van der Waals surface area contributed by atoms with Gasteiger partial charge >= 0.3 is 0 Å². The van der Waals surface area contributed by atoms with Gasteiger partial charge in [-0.1, -0.05) is 142 Å². The van der Waals surface area contributed by atoms with E-state index in [0.29, 0.717) is 0 Å². The quantitative estimate of drug-likeness (QED) is 0.281. The van der Waals surface area contributed by atoms with Gasteiger partial charge in [0.2, 0.25) is 0 Å². The molecule has 0 radical (unpaired) electrons. The summed E-state index contributed by atoms with van der Waals surface area (Å²) in [6.07, 6.45) is 30.7. The Labute approximate surface area is 252 Å². The first-order valence-corrected chi connectivity index (χ1v) is 16.5. The van der Waals surface area contributed by atoms with Gasteiger partial charge in [-0.05, 0) is 111 Å². The molecule has 8 unspecified atom stereocenters. The molecule has 6 aliphatic rings. The molecule has 0 aliphatic heterocycles. The van der Waals surface area contributed by atoms with Gasteiger partial charge in [0.25, 0.3) is 0 Å². The van der Waals surface area contributed by atoms with E-state index in [1.165, 1.54) is 64.2 Å². The highest BCUT2D eigenvalue weighted by Crippen LogP contribution is 2.45. The Balaban J connectivity index is 0. The summed E-state index contributed by atoms with van der Waals surface area (Å²) in [7, 11) is 0. The van der Waals surface area contributed by atoms with Crippen LogP contribution in [0.2, 0.25) is 0 Å². The molecule has 0 nitrogen and oxygen atoms in total. The van der Waals surface area contributed by atoms with Crippen LogP contribution in [0.1, 0.15) is 193 Å². The number of rotatable bonds is 0. The summed E-state index contributed by atoms with van der Waals surface area (Å²) in [6.45, 7) is 9.75. The van der Waals surface area contributed by atoms with Gasteiger partial charge in [-0.2, -0.15) is 0 Å². The molecule has 0 saturated heterocycles. The fraction of sp³-hybridized carbons (Fsp3) is 1.00. The normalized spacial score (nSPS) is 40.3. The molecule has 0 heterocycles. The predicted octanol–water partition coefficient (Wildman–Crippen LogP) is 14.3. The lowest BCUT2D eigenvalue weighted by Gasteiger charge is -2.40. The van der Waals surface area contributed by atoms with Gasteiger partial charge in [0.05, 0.1) is 0 Å². The van der Waals surface area contributed by atoms with Crippen LogP contribution in [0.25, 0.3) is 0 Å². The zero-order chi connectivity index (χ0) is 23.9. The van der Waals surface area contributed by atoms with Crippen molar-refractivity contribution >= 4 is 0 Å². The van der Waals surface area contributed by atoms with E-state index in [2.05, 4.69) is 27.7 Å². The van der Waals surface area contributed by atoms with E-state index < -0.39 is 0 Å². The van der Waals surface area contributed by atoms with E-state index in [0.717, 1.165) is 59.2 Å². The maximum absolute atomic E-state index is 2.44. The smallest absolute Gasteiger partial charge is 0.0381 e. The second-order valence-corrected chi connectivity index (χ2v) is 14.8. The molecule has 238 valence electrons. The van der Waals surface area contributed by atoms with Gasteiger partial charge in [-0.3, -0.25) is 0 Å². The molecule has 0 amide bonds. The Bertz CT molecular complexity index is 516. The first-order valence-electron chi connectivity index (χ1n) is 16.5. The van der Waals surface area contributed by atoms with Crippen LogP contribution in [-0.2, 0) is 0 Å². The minimum absolute atomic E-state index is 0. The van der Waals surface area contributed by atoms with Crippen LogP contribution in [0.5, 0.6) is 0 Å². The van der Waals surface area contributed by atoms with Crippen LogP contribution in [0.4, 0.5) is 0 Å². The molecule has 0 bridgehead atoms. The van der Waals surface area contributed by atoms with Crippen LogP contribution in [0.15, 0.2) is 0 Å². The minimum Gasteiger partial charge on any atom is -0.0776 e. The van der Waals surface area contributed by atoms with E-state index in [9.17, 15) is 0 Å². The molecular formula is C39H82. The van der Waals surface area contributed by atoms with E-state index in [-0.39, 0.29) is 37.1 Å². The van der Waals surface area contributed by atoms with Gasteiger partial charge in [-0.25, -0.2) is 0 Å². The zero-order valence-electron chi connectivity index (χ0n) is 23.9. The first-order chi connectivity index (χ1) is 16.5. The van der Waals surface area contributed by atoms with E-state index in [1.807, 2.05) is 0 Å². The van der Waals surface area contributed by atoms with Gasteiger partial charge in [-0.15, -0.1) is 0 Å². The molecule has 8 atom stereocenters. The minimum atomic E-state index is 0. The zero-order valence-corrected chi connectivity index (χ0v) is 23.9. The molecule has 6 rings (SSSR count). The number of hydrogen-bond acceptors (Lipinski definition) is 0. The van der Waals surface area contributed by atoms with Gasteiger partial charge in [0.15, 0.2) is 0 Å². The Morgan fingerprint density at radius 2 is 0.487 bits per heavy atom. The average Bonchev–Trinajstić information content (AvgIpc) is 2.84. The lowest BCUT2D eigenvalue weighted by Crippen LogP contribution is -2.29. The van der Waals surface area contributed by atoms with Gasteiger partial charge < -0.3 is 0 Å². The summed E-state index contributed by atoms with van der Waals surface area (Å²) in [5, 5.41) is 0. The van der Waals surface area contributed by atoms with Crippen LogP contribution in [0.3, 0.4) is 0 Å².